The Balaban J connectivity index is 0.000000119. The van der Waals surface area contributed by atoms with Gasteiger partial charge in [-0.05, 0) is 84.5 Å². The van der Waals surface area contributed by atoms with Gasteiger partial charge in [0, 0.05) is 47.0 Å². The lowest BCUT2D eigenvalue weighted by Crippen LogP contribution is -2.44. The first-order valence-corrected chi connectivity index (χ1v) is 36.3. The number of nitrogens with zero attached hydrogens (tertiary/aromatic N) is 12. The highest BCUT2D eigenvalue weighted by Crippen LogP contribution is 2.49. The van der Waals surface area contributed by atoms with Gasteiger partial charge in [0.05, 0.1) is 48.0 Å². The fourth-order valence-electron chi connectivity index (χ4n) is 15.7. The molecule has 32 nitrogen and oxygen atoms in total. The third kappa shape index (κ3) is 13.3. The summed E-state index contributed by atoms with van der Waals surface area (Å²) in [6.45, 7) is 6.25. The summed E-state index contributed by atoms with van der Waals surface area (Å²) < 4.78 is 29.7. The SMILES string of the molecule is C[C@@]1(O)C(O)[C@@H](CO)O[C@H]1n1cc(-c2ccc3ccccc3c2)c2c(N)ncnc21.C[C@@]1(O)C(O)[C@@H](CO)O[C@H]1n1cc(-c2cccc3ccccc23)c2c(N)ncnc21.C[C@@]1(O)C(O)[C@@H](CO)O[C@H]1n1cc(-c2ccccc2)c2c(N)ncnc21.Cc1ccc(-c2cn([C@@H]3O[C@H](CO)C(O)[C@@]3(C)O)c3ncnc(N)c23)cc1. The van der Waals surface area contributed by atoms with Crippen LogP contribution in [0.2, 0.25) is 0 Å². The van der Waals surface area contributed by atoms with Crippen LogP contribution >= 0.6 is 0 Å². The van der Waals surface area contributed by atoms with Crippen molar-refractivity contribution in [1.29, 1.82) is 0 Å². The van der Waals surface area contributed by atoms with Crippen LogP contribution in [0.5, 0.6) is 0 Å². The smallest absolute Gasteiger partial charge is 0.167 e. The molecule has 4 fully saturated rings. The van der Waals surface area contributed by atoms with E-state index in [0.29, 0.717) is 67.4 Å². The minimum absolute atomic E-state index is 0.304. The Labute approximate surface area is 644 Å². The van der Waals surface area contributed by atoms with Gasteiger partial charge in [0.15, 0.2) is 24.9 Å². The molecule has 0 saturated carbocycles. The highest BCUT2D eigenvalue weighted by Gasteiger charge is 2.57. The molecule has 0 bridgehead atoms. The number of aryl methyl sites for hydroxylation is 1. The number of fused-ring (bicyclic) bond motifs is 6. The summed E-state index contributed by atoms with van der Waals surface area (Å²) in [7, 11) is 0. The molecule has 18 rings (SSSR count). The number of anilines is 4. The number of nitrogens with two attached hydrogens (primary N) is 4. The van der Waals surface area contributed by atoms with Crippen molar-refractivity contribution >= 4 is 88.9 Å². The largest absolute Gasteiger partial charge is 0.394 e. The van der Waals surface area contributed by atoms with Gasteiger partial charge >= 0.3 is 0 Å². The summed E-state index contributed by atoms with van der Waals surface area (Å²) in [5.74, 6) is 1.23. The Morgan fingerprint density at radius 3 is 1.03 bits per heavy atom. The Bertz CT molecular complexity index is 5830. The Hall–Kier alpha value is -11.1. The van der Waals surface area contributed by atoms with Gasteiger partial charge in [-0.2, -0.15) is 0 Å². The van der Waals surface area contributed by atoms with E-state index in [-0.39, 0.29) is 0 Å². The van der Waals surface area contributed by atoms with Crippen molar-refractivity contribution in [2.75, 3.05) is 49.4 Å². The van der Waals surface area contributed by atoms with Crippen LogP contribution in [0.1, 0.15) is 58.2 Å². The molecule has 0 radical (unpaired) electrons. The molecular weight excluding hydrogens is 1450 g/mol. The molecule has 4 aliphatic heterocycles. The maximum Gasteiger partial charge on any atom is 0.167 e. The molecule has 6 aromatic carbocycles. The van der Waals surface area contributed by atoms with Gasteiger partial charge in [-0.3, -0.25) is 0 Å². The van der Waals surface area contributed by atoms with Crippen LogP contribution in [0.3, 0.4) is 0 Å². The number of hydrogen-bond acceptors (Lipinski definition) is 28. The van der Waals surface area contributed by atoms with Gasteiger partial charge in [-0.15, -0.1) is 0 Å². The van der Waals surface area contributed by atoms with Crippen molar-refractivity contribution in [2.24, 2.45) is 0 Å². The molecule has 14 aromatic rings. The van der Waals surface area contributed by atoms with Crippen molar-refractivity contribution in [3.8, 4) is 44.5 Å². The van der Waals surface area contributed by atoms with E-state index in [1.54, 1.807) is 36.9 Å². The Morgan fingerprint density at radius 1 is 0.336 bits per heavy atom. The molecule has 8 aromatic heterocycles. The van der Waals surface area contributed by atoms with E-state index >= 15 is 0 Å². The third-order valence-electron chi connectivity index (χ3n) is 21.9. The molecular formula is C81H86N16O16. The van der Waals surface area contributed by atoms with E-state index in [1.807, 2.05) is 147 Å². The molecule has 20 N–H and O–H groups in total. The number of aromatic nitrogens is 12. The number of aliphatic hydroxyl groups is 12. The quantitative estimate of drug-likeness (QED) is 0.0733. The number of rotatable bonds is 12. The number of ether oxygens (including phenoxy) is 4. The van der Waals surface area contributed by atoms with Crippen LogP contribution in [0, 0.1) is 6.92 Å². The number of benzene rings is 6. The maximum absolute atomic E-state index is 11.0. The summed E-state index contributed by atoms with van der Waals surface area (Å²) in [5, 5.41) is 130. The minimum Gasteiger partial charge on any atom is -0.394 e. The number of hydrogen-bond donors (Lipinski definition) is 16. The second-order valence-corrected chi connectivity index (χ2v) is 29.5. The number of aliphatic hydroxyl groups excluding tert-OH is 8. The molecule has 4 saturated heterocycles. The molecule has 0 amide bonds. The zero-order valence-electron chi connectivity index (χ0n) is 61.8. The van der Waals surface area contributed by atoms with Crippen LogP contribution in [0.4, 0.5) is 23.3 Å². The van der Waals surface area contributed by atoms with E-state index in [4.69, 9.17) is 41.9 Å². The molecule has 0 aliphatic carbocycles. The number of nitrogen functional groups attached to an aromatic ring is 4. The molecule has 4 aliphatic rings. The standard InChI is InChI=1S/2C22H22N4O4.C19H22N4O4.C18H20N4O4/c1-22(29)18(28)16(10-27)30-21(22)26-9-15(17-19(23)24-11-25-20(17)26)14-8-4-6-12-5-2-3-7-13(12)14;1-22(29)18(28)16(10-27)30-21(22)26-9-15(17-19(23)24-11-25-20(17)26)14-7-6-12-4-2-3-5-13(12)8-14;1-10-3-5-11(6-4-10)12-7-23(17-14(12)16(20)21-9-22-17)18-19(2,26)15(25)13(8-24)27-18;1-18(25)14(24)12(8-23)26-17(18)22-7-11(10-5-3-2-4-6-10)13-15(19)20-9-21-16(13)22/h2*2-9,11,16,18,21,27-29H,10H2,1H3,(H2,23,24,25);3-7,9,13,15,18,24-26H,8H2,1-2H3,(H2,20,21,22);2-7,9,12,14,17,23-25H,8H2,1H3,(H2,19,20,21)/t2*16-,18?,21-,22-;13-,15?,18-,19-;12-,14?,17-,18-/m1111/s1. The molecule has 586 valence electrons. The van der Waals surface area contributed by atoms with Gasteiger partial charge < -0.3 is 121 Å². The normalized spacial score (nSPS) is 27.4. The summed E-state index contributed by atoms with van der Waals surface area (Å²) in [6, 6.07) is 45.7. The Kier molecular flexibility index (Phi) is 20.6. The van der Waals surface area contributed by atoms with Crippen LogP contribution < -0.4 is 22.9 Å². The highest BCUT2D eigenvalue weighted by atomic mass is 16.6. The van der Waals surface area contributed by atoms with Gasteiger partial charge in [0.2, 0.25) is 0 Å². The summed E-state index contributed by atoms with van der Waals surface area (Å²) >= 11 is 0. The lowest BCUT2D eigenvalue weighted by Gasteiger charge is -2.27. The van der Waals surface area contributed by atoms with Gasteiger partial charge in [0.25, 0.3) is 0 Å². The average Bonchev–Trinajstić information content (AvgIpc) is 1.60. The molecule has 32 heteroatoms. The van der Waals surface area contributed by atoms with Crippen molar-refractivity contribution in [2.45, 2.75) is 131 Å². The maximum atomic E-state index is 11.0. The van der Waals surface area contributed by atoms with Crippen LogP contribution in [0.15, 0.2) is 190 Å². The fraction of sp³-hybridized carbons (Fsp3) is 0.309. The van der Waals surface area contributed by atoms with Crippen molar-refractivity contribution in [3.05, 3.63) is 195 Å². The van der Waals surface area contributed by atoms with Gasteiger partial charge in [0.1, 0.15) is 142 Å². The third-order valence-corrected chi connectivity index (χ3v) is 21.9. The first kappa shape index (κ1) is 77.2. The lowest BCUT2D eigenvalue weighted by atomic mass is 9.96. The molecule has 113 heavy (non-hydrogen) atoms. The molecule has 4 unspecified atom stereocenters. The topological polar surface area (TPSA) is 507 Å². The van der Waals surface area contributed by atoms with Crippen molar-refractivity contribution in [1.82, 2.24) is 58.1 Å². The average molecular weight is 1540 g/mol. The van der Waals surface area contributed by atoms with E-state index in [1.165, 1.54) is 53.0 Å². The minimum atomic E-state index is -1.64. The van der Waals surface area contributed by atoms with Gasteiger partial charge in [-0.25, -0.2) is 39.9 Å². The van der Waals surface area contributed by atoms with Crippen LogP contribution in [-0.4, -0.2) is 217 Å². The Morgan fingerprint density at radius 2 is 0.646 bits per heavy atom. The summed E-state index contributed by atoms with van der Waals surface area (Å²) in [4.78, 5) is 33.9. The van der Waals surface area contributed by atoms with Crippen molar-refractivity contribution in [3.63, 3.8) is 0 Å². The summed E-state index contributed by atoms with van der Waals surface area (Å²) in [6.07, 6.45) is 0.113. The second kappa shape index (κ2) is 30.1. The van der Waals surface area contributed by atoms with Crippen LogP contribution in [-0.2, 0) is 18.9 Å². The second-order valence-electron chi connectivity index (χ2n) is 29.5. The van der Waals surface area contributed by atoms with E-state index < -0.39 is 123 Å². The van der Waals surface area contributed by atoms with Crippen molar-refractivity contribution < 1.29 is 80.2 Å². The first-order chi connectivity index (χ1) is 54.1. The molecule has 16 atom stereocenters. The fourth-order valence-corrected chi connectivity index (χ4v) is 15.7. The van der Waals surface area contributed by atoms with E-state index in [0.717, 1.165) is 71.6 Å². The molecule has 12 heterocycles. The zero-order chi connectivity index (χ0) is 79.9. The highest BCUT2D eigenvalue weighted by molar-refractivity contribution is 6.08. The van der Waals surface area contributed by atoms with Crippen LogP contribution in [0.25, 0.3) is 110 Å². The van der Waals surface area contributed by atoms with E-state index in [9.17, 15) is 61.3 Å². The molecule has 0 spiro atoms. The summed E-state index contributed by atoms with van der Waals surface area (Å²) in [5.41, 5.74) is 28.0. The lowest BCUT2D eigenvalue weighted by molar-refractivity contribution is -0.0948. The monoisotopic (exact) mass is 1540 g/mol. The predicted octanol–water partition coefficient (Wildman–Crippen LogP) is 5.34. The predicted molar refractivity (Wildman–Crippen MR) is 420 cm³/mol. The zero-order valence-corrected chi connectivity index (χ0v) is 61.8. The first-order valence-electron chi connectivity index (χ1n) is 36.3. The van der Waals surface area contributed by atoms with E-state index in [2.05, 4.69) is 45.9 Å². The van der Waals surface area contributed by atoms with Gasteiger partial charge in [-0.1, -0.05) is 139 Å².